The molecule has 0 aromatic heterocycles. The Balaban J connectivity index is 1.75. The summed E-state index contributed by atoms with van der Waals surface area (Å²) in [6.07, 6.45) is -0.731. The van der Waals surface area contributed by atoms with Crippen molar-refractivity contribution < 1.29 is 24.5 Å². The Morgan fingerprint density at radius 1 is 1.00 bits per heavy atom. The highest BCUT2D eigenvalue weighted by Crippen LogP contribution is 2.29. The number of hydrogen-bond acceptors (Lipinski definition) is 3. The molecule has 0 aliphatic carbocycles. The second kappa shape index (κ2) is 7.74. The van der Waals surface area contributed by atoms with Gasteiger partial charge in [0.25, 0.3) is 0 Å². The second-order valence-corrected chi connectivity index (χ2v) is 6.02. The highest BCUT2D eigenvalue weighted by atomic mass is 16.5. The molecule has 6 heteroatoms. The van der Waals surface area contributed by atoms with Gasteiger partial charge in [-0.15, -0.1) is 0 Å². The maximum absolute atomic E-state index is 11.5. The van der Waals surface area contributed by atoms with Crippen LogP contribution in [0.1, 0.15) is 17.5 Å². The van der Waals surface area contributed by atoms with Crippen molar-refractivity contribution in [2.24, 2.45) is 0 Å². The summed E-state index contributed by atoms with van der Waals surface area (Å²) in [4.78, 5) is 23.7. The molecule has 26 heavy (non-hydrogen) atoms. The van der Waals surface area contributed by atoms with Gasteiger partial charge in [-0.25, -0.2) is 9.59 Å². The molecule has 134 valence electrons. The molecular formula is C20H19NO5. The first-order chi connectivity index (χ1) is 12.5. The molecule has 0 spiro atoms. The zero-order valence-corrected chi connectivity index (χ0v) is 14.1. The van der Waals surface area contributed by atoms with Crippen molar-refractivity contribution in [3.63, 3.8) is 0 Å². The van der Waals surface area contributed by atoms with Gasteiger partial charge in [-0.2, -0.15) is 0 Å². The summed E-state index contributed by atoms with van der Waals surface area (Å²) in [6, 6.07) is 17.0. The standard InChI is InChI=1S/C20H19NO5/c22-19(23)18-12-21(20(24)25)11-10-17(18)15-6-8-16(9-7-15)26-13-14-4-2-1-3-5-14/h1-9H,10-13H2,(H,22,23)(H,24,25). The molecule has 0 fully saturated rings. The van der Waals surface area contributed by atoms with E-state index in [9.17, 15) is 14.7 Å². The SMILES string of the molecule is O=C(O)C1=C(c2ccc(OCc3ccccc3)cc2)CCN(C(=O)O)C1. The van der Waals surface area contributed by atoms with Gasteiger partial charge in [-0.3, -0.25) is 0 Å². The van der Waals surface area contributed by atoms with Gasteiger partial charge in [0, 0.05) is 6.54 Å². The summed E-state index contributed by atoms with van der Waals surface area (Å²) in [5, 5.41) is 18.5. The summed E-state index contributed by atoms with van der Waals surface area (Å²) in [7, 11) is 0. The molecule has 0 saturated carbocycles. The van der Waals surface area contributed by atoms with Crippen molar-refractivity contribution in [3.8, 4) is 5.75 Å². The summed E-state index contributed by atoms with van der Waals surface area (Å²) < 4.78 is 5.74. The van der Waals surface area contributed by atoms with Gasteiger partial charge < -0.3 is 19.8 Å². The van der Waals surface area contributed by atoms with Crippen LogP contribution in [-0.2, 0) is 11.4 Å². The van der Waals surface area contributed by atoms with Crippen LogP contribution in [0.4, 0.5) is 4.79 Å². The maximum atomic E-state index is 11.5. The third kappa shape index (κ3) is 4.03. The number of benzene rings is 2. The smallest absolute Gasteiger partial charge is 0.407 e. The number of ether oxygens (including phenoxy) is 1. The summed E-state index contributed by atoms with van der Waals surface area (Å²) >= 11 is 0. The average molecular weight is 353 g/mol. The van der Waals surface area contributed by atoms with E-state index < -0.39 is 12.1 Å². The van der Waals surface area contributed by atoms with E-state index in [4.69, 9.17) is 9.84 Å². The first-order valence-corrected chi connectivity index (χ1v) is 8.25. The monoisotopic (exact) mass is 353 g/mol. The number of amides is 1. The van der Waals surface area contributed by atoms with E-state index in [1.807, 2.05) is 42.5 Å². The summed E-state index contributed by atoms with van der Waals surface area (Å²) in [6.45, 7) is 0.636. The second-order valence-electron chi connectivity index (χ2n) is 6.02. The lowest BCUT2D eigenvalue weighted by atomic mass is 9.93. The third-order valence-electron chi connectivity index (χ3n) is 4.32. The minimum absolute atomic E-state index is 0.105. The fourth-order valence-electron chi connectivity index (χ4n) is 2.93. The van der Waals surface area contributed by atoms with Crippen LogP contribution in [0.15, 0.2) is 60.2 Å². The van der Waals surface area contributed by atoms with Gasteiger partial charge in [-0.05, 0) is 35.3 Å². The number of hydrogen-bond donors (Lipinski definition) is 2. The number of aliphatic carboxylic acids is 1. The van der Waals surface area contributed by atoms with E-state index in [0.717, 1.165) is 16.0 Å². The molecule has 0 radical (unpaired) electrons. The Morgan fingerprint density at radius 3 is 2.31 bits per heavy atom. The quantitative estimate of drug-likeness (QED) is 0.859. The normalized spacial score (nSPS) is 14.2. The number of carboxylic acid groups (broad SMARTS) is 2. The zero-order valence-electron chi connectivity index (χ0n) is 14.1. The van der Waals surface area contributed by atoms with E-state index in [1.54, 1.807) is 12.1 Å². The minimum Gasteiger partial charge on any atom is -0.489 e. The zero-order chi connectivity index (χ0) is 18.5. The van der Waals surface area contributed by atoms with Crippen molar-refractivity contribution in [2.75, 3.05) is 13.1 Å². The van der Waals surface area contributed by atoms with Gasteiger partial charge in [0.15, 0.2) is 0 Å². The van der Waals surface area contributed by atoms with E-state index in [-0.39, 0.29) is 18.7 Å². The minimum atomic E-state index is -1.10. The molecule has 3 rings (SSSR count). The molecule has 2 aromatic rings. The van der Waals surface area contributed by atoms with Gasteiger partial charge in [0.2, 0.25) is 0 Å². The fourth-order valence-corrected chi connectivity index (χ4v) is 2.93. The van der Waals surface area contributed by atoms with Crippen molar-refractivity contribution in [2.45, 2.75) is 13.0 Å². The van der Waals surface area contributed by atoms with Crippen LogP contribution < -0.4 is 4.74 Å². The highest BCUT2D eigenvalue weighted by Gasteiger charge is 2.26. The predicted octanol–water partition coefficient (Wildman–Crippen LogP) is 3.49. The van der Waals surface area contributed by atoms with Gasteiger partial charge >= 0.3 is 12.1 Å². The first kappa shape index (κ1) is 17.5. The van der Waals surface area contributed by atoms with Crippen molar-refractivity contribution in [1.82, 2.24) is 4.90 Å². The molecule has 0 unspecified atom stereocenters. The van der Waals surface area contributed by atoms with E-state index in [1.165, 1.54) is 0 Å². The Morgan fingerprint density at radius 2 is 1.69 bits per heavy atom. The molecule has 2 aromatic carbocycles. The molecule has 0 atom stereocenters. The van der Waals surface area contributed by atoms with Gasteiger partial charge in [0.05, 0.1) is 12.1 Å². The fraction of sp³-hybridized carbons (Fsp3) is 0.200. The molecule has 6 nitrogen and oxygen atoms in total. The van der Waals surface area contributed by atoms with Gasteiger partial charge in [0.1, 0.15) is 12.4 Å². The number of carbonyl (C=O) groups is 2. The van der Waals surface area contributed by atoms with Gasteiger partial charge in [-0.1, -0.05) is 42.5 Å². The molecule has 0 saturated heterocycles. The Hall–Kier alpha value is -3.28. The molecule has 1 aliphatic heterocycles. The molecule has 0 bridgehead atoms. The summed E-state index contributed by atoms with van der Waals surface area (Å²) in [5.41, 5.74) is 2.63. The van der Waals surface area contributed by atoms with Crippen LogP contribution >= 0.6 is 0 Å². The molecular weight excluding hydrogens is 334 g/mol. The largest absolute Gasteiger partial charge is 0.489 e. The Kier molecular flexibility index (Phi) is 5.22. The van der Waals surface area contributed by atoms with E-state index >= 15 is 0 Å². The summed E-state index contributed by atoms with van der Waals surface area (Å²) in [5.74, 6) is -0.395. The molecule has 1 aliphatic rings. The lowest BCUT2D eigenvalue weighted by molar-refractivity contribution is -0.132. The predicted molar refractivity (Wildman–Crippen MR) is 96.0 cm³/mol. The highest BCUT2D eigenvalue weighted by molar-refractivity contribution is 5.98. The number of carboxylic acids is 1. The number of nitrogens with zero attached hydrogens (tertiary/aromatic N) is 1. The lowest BCUT2D eigenvalue weighted by Gasteiger charge is -2.27. The maximum Gasteiger partial charge on any atom is 0.407 e. The third-order valence-corrected chi connectivity index (χ3v) is 4.32. The topological polar surface area (TPSA) is 87.1 Å². The Bertz CT molecular complexity index is 827. The Labute approximate surface area is 150 Å². The van der Waals surface area contributed by atoms with Crippen LogP contribution in [0.2, 0.25) is 0 Å². The van der Waals surface area contributed by atoms with E-state index in [2.05, 4.69) is 0 Å². The first-order valence-electron chi connectivity index (χ1n) is 8.25. The molecule has 1 amide bonds. The van der Waals surface area contributed by atoms with E-state index in [0.29, 0.717) is 24.4 Å². The average Bonchev–Trinajstić information content (AvgIpc) is 2.67. The van der Waals surface area contributed by atoms with Crippen molar-refractivity contribution in [3.05, 3.63) is 71.3 Å². The van der Waals surface area contributed by atoms with Crippen LogP contribution in [0.25, 0.3) is 5.57 Å². The van der Waals surface area contributed by atoms with Crippen LogP contribution in [0.3, 0.4) is 0 Å². The van der Waals surface area contributed by atoms with Crippen LogP contribution in [0, 0.1) is 0 Å². The molecule has 1 heterocycles. The lowest BCUT2D eigenvalue weighted by Crippen LogP contribution is -2.37. The molecule has 2 N–H and O–H groups in total. The van der Waals surface area contributed by atoms with Crippen molar-refractivity contribution in [1.29, 1.82) is 0 Å². The van der Waals surface area contributed by atoms with Crippen molar-refractivity contribution >= 4 is 17.6 Å². The van der Waals surface area contributed by atoms with Crippen LogP contribution in [-0.4, -0.2) is 40.3 Å². The number of rotatable bonds is 5. The van der Waals surface area contributed by atoms with Crippen LogP contribution in [0.5, 0.6) is 5.75 Å².